The number of carbonyl (C=O) groups is 2. The van der Waals surface area contributed by atoms with E-state index in [2.05, 4.69) is 40.3 Å². The predicted octanol–water partition coefficient (Wildman–Crippen LogP) is 7.83. The second-order valence-corrected chi connectivity index (χ2v) is 13.8. The predicted molar refractivity (Wildman–Crippen MR) is 169 cm³/mol. The lowest BCUT2D eigenvalue weighted by atomic mass is 9.45. The summed E-state index contributed by atoms with van der Waals surface area (Å²) in [4.78, 5) is 38.9. The Morgan fingerprint density at radius 3 is 2.42 bits per heavy atom. The molecule has 2 fully saturated rings. The summed E-state index contributed by atoms with van der Waals surface area (Å²) in [6.45, 7) is 22.1. The van der Waals surface area contributed by atoms with Crippen LogP contribution in [0.5, 0.6) is 5.95 Å². The van der Waals surface area contributed by atoms with Gasteiger partial charge >= 0.3 is 11.9 Å². The molecule has 0 aromatic carbocycles. The van der Waals surface area contributed by atoms with E-state index in [0.29, 0.717) is 36.1 Å². The number of allylic oxidation sites excluding steroid dienone is 3. The maximum atomic E-state index is 13.6. The molecule has 1 aromatic rings. The van der Waals surface area contributed by atoms with Crippen LogP contribution in [0.3, 0.4) is 0 Å². The normalized spacial score (nSPS) is 28.3. The largest absolute Gasteiger partial charge is 0.468 e. The van der Waals surface area contributed by atoms with Crippen molar-refractivity contribution < 1.29 is 28.2 Å². The van der Waals surface area contributed by atoms with Gasteiger partial charge in [0.1, 0.15) is 11.9 Å². The highest BCUT2D eigenvalue weighted by Gasteiger charge is 2.59. The molecule has 0 saturated heterocycles. The second-order valence-electron chi connectivity index (χ2n) is 13.8. The molecule has 0 unspecified atom stereocenters. The second kappa shape index (κ2) is 13.9. The Kier molecular flexibility index (Phi) is 11.2. The van der Waals surface area contributed by atoms with Crippen LogP contribution in [0.15, 0.2) is 33.0 Å². The smallest absolute Gasteiger partial charge is 0.348 e. The van der Waals surface area contributed by atoms with Crippen LogP contribution in [0.4, 0.5) is 0 Å². The number of fused-ring (bicyclic) bond motifs is 1. The molecule has 0 aliphatic heterocycles. The lowest BCUT2D eigenvalue weighted by Gasteiger charge is -2.61. The van der Waals surface area contributed by atoms with Crippen molar-refractivity contribution in [1.29, 1.82) is 0 Å². The van der Waals surface area contributed by atoms with Gasteiger partial charge < -0.3 is 18.6 Å². The van der Waals surface area contributed by atoms with Crippen LogP contribution >= 0.6 is 0 Å². The molecule has 2 saturated carbocycles. The van der Waals surface area contributed by atoms with Gasteiger partial charge in [-0.3, -0.25) is 9.59 Å². The Labute approximate surface area is 258 Å². The SMILES string of the molecule is C=C1CC[C@H]2[C@](C)(CCC=C(C)C)[C@@H](OC(=O)[C@H](OC(C)=O)[C@@H](C)CC)CC[C@]2(C)[C@@H]1Cc1c(OC)oc(C)c(C)c1=O. The summed E-state index contributed by atoms with van der Waals surface area (Å²) in [5, 5.41) is 0. The minimum Gasteiger partial charge on any atom is -0.468 e. The van der Waals surface area contributed by atoms with E-state index in [0.717, 1.165) is 37.7 Å². The zero-order chi connectivity index (χ0) is 32.3. The number of carbonyl (C=O) groups excluding carboxylic acids is 2. The van der Waals surface area contributed by atoms with Crippen LogP contribution in [0.1, 0.15) is 110 Å². The first-order valence-electron chi connectivity index (χ1n) is 16.0. The standard InChI is InChI=1S/C36H54O7/c1-12-22(4)32(42-26(8)37)33(39)43-30-17-19-35(9)28(20-27-31(38)24(6)25(7)41-34(27)40-11)23(5)15-16-29(35)36(30,10)18-13-14-21(2)3/h14,22,28-30,32H,5,12-13,15-20H2,1-4,6-11H3/t22-,28+,29+,30-,32+,35+,36-/m0/s1. The zero-order valence-corrected chi connectivity index (χ0v) is 28.2. The molecular weight excluding hydrogens is 544 g/mol. The van der Waals surface area contributed by atoms with Crippen molar-refractivity contribution in [2.45, 2.75) is 126 Å². The third-order valence-corrected chi connectivity index (χ3v) is 10.7. The highest BCUT2D eigenvalue weighted by molar-refractivity contribution is 5.79. The molecule has 1 heterocycles. The lowest BCUT2D eigenvalue weighted by molar-refractivity contribution is -0.195. The van der Waals surface area contributed by atoms with Gasteiger partial charge in [0.25, 0.3) is 5.95 Å². The van der Waals surface area contributed by atoms with Crippen LogP contribution in [0.2, 0.25) is 0 Å². The van der Waals surface area contributed by atoms with E-state index in [-0.39, 0.29) is 46.1 Å². The van der Waals surface area contributed by atoms with E-state index >= 15 is 0 Å². The highest BCUT2D eigenvalue weighted by atomic mass is 16.6. The third-order valence-electron chi connectivity index (χ3n) is 10.7. The van der Waals surface area contributed by atoms with Gasteiger partial charge in [-0.15, -0.1) is 0 Å². The zero-order valence-electron chi connectivity index (χ0n) is 28.2. The quantitative estimate of drug-likeness (QED) is 0.189. The number of hydrogen-bond donors (Lipinski definition) is 0. The Morgan fingerprint density at radius 2 is 1.84 bits per heavy atom. The van der Waals surface area contributed by atoms with Crippen molar-refractivity contribution in [3.63, 3.8) is 0 Å². The molecule has 0 spiro atoms. The fraction of sp³-hybridized carbons (Fsp3) is 0.694. The summed E-state index contributed by atoms with van der Waals surface area (Å²) < 4.78 is 23.3. The minimum atomic E-state index is -0.923. The molecule has 2 aliphatic rings. The molecule has 7 heteroatoms. The van der Waals surface area contributed by atoms with Crippen LogP contribution in [0, 0.1) is 42.4 Å². The third kappa shape index (κ3) is 7.12. The van der Waals surface area contributed by atoms with E-state index in [1.54, 1.807) is 21.0 Å². The van der Waals surface area contributed by atoms with E-state index in [4.69, 9.17) is 18.6 Å². The van der Waals surface area contributed by atoms with Gasteiger partial charge in [-0.05, 0) is 96.3 Å². The molecule has 0 bridgehead atoms. The molecule has 2 aliphatic carbocycles. The monoisotopic (exact) mass is 598 g/mol. The molecule has 0 N–H and O–H groups in total. The number of ether oxygens (including phenoxy) is 3. The van der Waals surface area contributed by atoms with Crippen molar-refractivity contribution in [3.8, 4) is 5.95 Å². The number of aryl methyl sites for hydroxylation is 1. The summed E-state index contributed by atoms with van der Waals surface area (Å²) >= 11 is 0. The van der Waals surface area contributed by atoms with E-state index in [1.165, 1.54) is 12.5 Å². The Morgan fingerprint density at radius 1 is 1.16 bits per heavy atom. The van der Waals surface area contributed by atoms with Crippen molar-refractivity contribution in [3.05, 3.63) is 50.9 Å². The molecule has 7 atom stereocenters. The van der Waals surface area contributed by atoms with E-state index in [1.807, 2.05) is 13.8 Å². The average Bonchev–Trinajstić information content (AvgIpc) is 2.94. The molecule has 43 heavy (non-hydrogen) atoms. The summed E-state index contributed by atoms with van der Waals surface area (Å²) in [6.07, 6.45) is 7.19. The van der Waals surface area contributed by atoms with Crippen LogP contribution in [-0.4, -0.2) is 31.3 Å². The fourth-order valence-electron chi connectivity index (χ4n) is 7.85. The Balaban J connectivity index is 2.03. The van der Waals surface area contributed by atoms with Crippen LogP contribution in [0.25, 0.3) is 0 Å². The Bertz CT molecular complexity index is 1280. The van der Waals surface area contributed by atoms with Crippen molar-refractivity contribution in [2.24, 2.45) is 28.6 Å². The first-order valence-corrected chi connectivity index (χ1v) is 16.0. The number of rotatable bonds is 11. The first-order chi connectivity index (χ1) is 20.1. The van der Waals surface area contributed by atoms with Gasteiger partial charge in [0.15, 0.2) is 5.43 Å². The van der Waals surface area contributed by atoms with Crippen molar-refractivity contribution in [2.75, 3.05) is 7.11 Å². The van der Waals surface area contributed by atoms with Crippen molar-refractivity contribution >= 4 is 11.9 Å². The number of esters is 2. The van der Waals surface area contributed by atoms with Crippen molar-refractivity contribution in [1.82, 2.24) is 0 Å². The molecule has 0 radical (unpaired) electrons. The van der Waals surface area contributed by atoms with E-state index < -0.39 is 18.0 Å². The molecule has 3 rings (SSSR count). The number of hydrogen-bond acceptors (Lipinski definition) is 7. The first kappa shape index (κ1) is 34.7. The van der Waals surface area contributed by atoms with Gasteiger partial charge in [-0.25, -0.2) is 4.79 Å². The van der Waals surface area contributed by atoms with Gasteiger partial charge in [0.05, 0.1) is 12.7 Å². The number of methoxy groups -OCH3 is 1. The highest BCUT2D eigenvalue weighted by Crippen LogP contribution is 2.63. The summed E-state index contributed by atoms with van der Waals surface area (Å²) in [6, 6.07) is 0. The Hall–Kier alpha value is -2.83. The summed E-state index contributed by atoms with van der Waals surface area (Å²) in [5.74, 6) is 0.0130. The maximum absolute atomic E-state index is 13.6. The minimum absolute atomic E-state index is 0.0328. The van der Waals surface area contributed by atoms with Gasteiger partial charge in [-0.1, -0.05) is 51.5 Å². The molecule has 1 aromatic heterocycles. The lowest BCUT2D eigenvalue weighted by Crippen LogP contribution is -2.57. The van der Waals surface area contributed by atoms with E-state index in [9.17, 15) is 14.4 Å². The van der Waals surface area contributed by atoms with Crippen LogP contribution in [-0.2, 0) is 25.5 Å². The molecule has 240 valence electrons. The van der Waals surface area contributed by atoms with Gasteiger partial charge in [0, 0.05) is 23.8 Å². The molecule has 7 nitrogen and oxygen atoms in total. The summed E-state index contributed by atoms with van der Waals surface area (Å²) in [7, 11) is 1.54. The van der Waals surface area contributed by atoms with Gasteiger partial charge in [-0.2, -0.15) is 0 Å². The molecular formula is C36H54O7. The van der Waals surface area contributed by atoms with Gasteiger partial charge in [0.2, 0.25) is 6.10 Å². The topological polar surface area (TPSA) is 92.0 Å². The average molecular weight is 599 g/mol. The summed E-state index contributed by atoms with van der Waals surface area (Å²) in [5.41, 5.74) is 3.02. The fourth-order valence-corrected chi connectivity index (χ4v) is 7.85. The molecule has 0 amide bonds. The maximum Gasteiger partial charge on any atom is 0.348 e. The van der Waals surface area contributed by atoms with Crippen LogP contribution < -0.4 is 10.2 Å².